The summed E-state index contributed by atoms with van der Waals surface area (Å²) >= 11 is 0. The van der Waals surface area contributed by atoms with E-state index in [4.69, 9.17) is 4.74 Å². The highest BCUT2D eigenvalue weighted by Gasteiger charge is 2.25. The zero-order chi connectivity index (χ0) is 22.6. The molecule has 1 atom stereocenters. The van der Waals surface area contributed by atoms with E-state index in [0.29, 0.717) is 0 Å². The Kier molecular flexibility index (Phi) is 6.84. The molecular weight excluding hydrogens is 402 g/mol. The molecule has 0 unspecified atom stereocenters. The minimum atomic E-state index is -1.33. The van der Waals surface area contributed by atoms with Crippen LogP contribution < -0.4 is 15.8 Å². The summed E-state index contributed by atoms with van der Waals surface area (Å²) in [5, 5.41) is 51.2. The van der Waals surface area contributed by atoms with Gasteiger partial charge in [-0.2, -0.15) is 0 Å². The van der Waals surface area contributed by atoms with E-state index in [2.05, 4.69) is 10.3 Å². The highest BCUT2D eigenvalue weighted by Crippen LogP contribution is 2.28. The van der Waals surface area contributed by atoms with Gasteiger partial charge in [-0.1, -0.05) is 0 Å². The van der Waals surface area contributed by atoms with E-state index in [1.807, 2.05) is 0 Å². The van der Waals surface area contributed by atoms with Crippen molar-refractivity contribution in [2.75, 3.05) is 10.5 Å². The lowest BCUT2D eigenvalue weighted by atomic mass is 10.1. The molecule has 0 aliphatic heterocycles. The number of nitrogens with zero attached hydrogens (tertiary/aromatic N) is 4. The Morgan fingerprint density at radius 2 is 1.97 bits per heavy atom. The van der Waals surface area contributed by atoms with Gasteiger partial charge in [0.25, 0.3) is 0 Å². The number of aliphatic carboxylic acids is 1. The summed E-state index contributed by atoms with van der Waals surface area (Å²) in [6.07, 6.45) is 1.56. The Morgan fingerprint density at radius 1 is 1.30 bits per heavy atom. The normalized spacial score (nSPS) is 12.2. The minimum absolute atomic E-state index is 0.135. The van der Waals surface area contributed by atoms with Crippen molar-refractivity contribution in [2.24, 2.45) is 0 Å². The van der Waals surface area contributed by atoms with Crippen LogP contribution in [0.25, 0.3) is 5.69 Å². The number of carbonyl (C=O) groups is 2. The molecule has 164 valence electrons. The summed E-state index contributed by atoms with van der Waals surface area (Å²) in [7, 11) is 0. The molecule has 1 heterocycles. The average Bonchev–Trinajstić information content (AvgIpc) is 3.07. The fourth-order valence-electron chi connectivity index (χ4n) is 2.46. The molecule has 0 spiro atoms. The zero-order valence-corrected chi connectivity index (χ0v) is 16.3. The average molecular weight is 423 g/mol. The molecule has 2 aromatic rings. The van der Waals surface area contributed by atoms with Crippen molar-refractivity contribution >= 4 is 23.4 Å². The lowest BCUT2D eigenvalue weighted by molar-refractivity contribution is -0.139. The number of amides is 1. The molecule has 0 fully saturated rings. The number of hydrogen-bond acceptors (Lipinski definition) is 10. The van der Waals surface area contributed by atoms with Crippen LogP contribution in [0, 0.1) is 10.4 Å². The van der Waals surface area contributed by atoms with E-state index in [1.165, 1.54) is 23.2 Å². The van der Waals surface area contributed by atoms with Crippen LogP contribution >= 0.6 is 0 Å². The third-order valence-corrected chi connectivity index (χ3v) is 3.70. The second kappa shape index (κ2) is 8.96. The largest absolute Gasteiger partial charge is 0.769 e. The van der Waals surface area contributed by atoms with Crippen LogP contribution in [0.5, 0.6) is 0 Å². The highest BCUT2D eigenvalue weighted by atomic mass is 16.8. The van der Waals surface area contributed by atoms with E-state index < -0.39 is 28.9 Å². The van der Waals surface area contributed by atoms with Gasteiger partial charge in [-0.25, -0.2) is 14.6 Å². The maximum Gasteiger partial charge on any atom is 0.408 e. The molecule has 1 aromatic carbocycles. The van der Waals surface area contributed by atoms with Crippen LogP contribution in [0.1, 0.15) is 26.5 Å². The van der Waals surface area contributed by atoms with Gasteiger partial charge in [-0.05, 0) is 39.0 Å². The predicted molar refractivity (Wildman–Crippen MR) is 103 cm³/mol. The molecule has 0 saturated heterocycles. The van der Waals surface area contributed by atoms with E-state index >= 15 is 0 Å². The number of imidazole rings is 1. The summed E-state index contributed by atoms with van der Waals surface area (Å²) in [4.78, 5) is 27.4. The van der Waals surface area contributed by atoms with Crippen molar-refractivity contribution in [3.63, 3.8) is 0 Å². The van der Waals surface area contributed by atoms with Crippen molar-refractivity contribution < 1.29 is 29.8 Å². The van der Waals surface area contributed by atoms with Gasteiger partial charge in [0.15, 0.2) is 0 Å². The van der Waals surface area contributed by atoms with Crippen molar-refractivity contribution in [1.82, 2.24) is 14.9 Å². The van der Waals surface area contributed by atoms with E-state index in [0.717, 1.165) is 12.1 Å². The molecule has 1 amide bonds. The summed E-state index contributed by atoms with van der Waals surface area (Å²) in [6, 6.07) is 2.05. The van der Waals surface area contributed by atoms with Crippen LogP contribution in [0.15, 0.2) is 30.7 Å². The molecule has 4 N–H and O–H groups in total. The van der Waals surface area contributed by atoms with E-state index in [-0.39, 0.29) is 34.4 Å². The number of hydrogen-bond donors (Lipinski definition) is 4. The van der Waals surface area contributed by atoms with Crippen LogP contribution in [0.3, 0.4) is 0 Å². The van der Waals surface area contributed by atoms with Crippen molar-refractivity contribution in [2.45, 2.75) is 38.8 Å². The number of ether oxygens (including phenoxy) is 1. The zero-order valence-electron chi connectivity index (χ0n) is 16.3. The molecule has 30 heavy (non-hydrogen) atoms. The van der Waals surface area contributed by atoms with Crippen molar-refractivity contribution in [3.8, 4) is 5.69 Å². The second-order valence-electron chi connectivity index (χ2n) is 7.23. The lowest BCUT2D eigenvalue weighted by Crippen LogP contribution is -2.44. The first-order valence-electron chi connectivity index (χ1n) is 8.59. The van der Waals surface area contributed by atoms with Crippen molar-refractivity contribution in [3.05, 3.63) is 46.8 Å². The molecule has 13 nitrogen and oxygen atoms in total. The molecule has 0 radical (unpaired) electrons. The lowest BCUT2D eigenvalue weighted by Gasteiger charge is -2.38. The number of carboxylic acids is 1. The molecule has 0 aliphatic rings. The van der Waals surface area contributed by atoms with Gasteiger partial charge in [0.1, 0.15) is 17.3 Å². The fourth-order valence-corrected chi connectivity index (χ4v) is 2.46. The Labute approximate surface area is 170 Å². The number of carbonyl (C=O) groups excluding carboxylic acids is 1. The number of benzene rings is 1. The number of rotatable bonds is 7. The maximum atomic E-state index is 11.9. The van der Waals surface area contributed by atoms with Gasteiger partial charge in [0, 0.05) is 18.3 Å². The summed E-state index contributed by atoms with van der Waals surface area (Å²) < 4.78 is 6.37. The Balaban J connectivity index is 2.23. The van der Waals surface area contributed by atoms with Crippen LogP contribution in [-0.4, -0.2) is 48.8 Å². The topological polar surface area (TPSA) is 187 Å². The first kappa shape index (κ1) is 22.9. The quantitative estimate of drug-likeness (QED) is 0.475. The summed E-state index contributed by atoms with van der Waals surface area (Å²) in [5.41, 5.74) is -1.08. The van der Waals surface area contributed by atoms with Crippen LogP contribution in [-0.2, 0) is 16.0 Å². The van der Waals surface area contributed by atoms with Gasteiger partial charge in [0.05, 0.1) is 17.7 Å². The molecule has 0 saturated carbocycles. The molecule has 2 rings (SSSR count). The van der Waals surface area contributed by atoms with E-state index in [1.54, 1.807) is 20.8 Å². The Bertz CT molecular complexity index is 906. The maximum absolute atomic E-state index is 11.9. The van der Waals surface area contributed by atoms with Gasteiger partial charge < -0.3 is 35.4 Å². The number of aromatic nitrogens is 2. The molecule has 1 aromatic heterocycles. The standard InChI is InChI=1S/C17H21N5O8/c1-17(2,3)30-16(25)19-12(15(23)24)6-10-8-20(9-18-10)13-5-4-11(21(26)27)7-14(13)22(28)29/h4-5,7-9,12,28-29H,6H2,1-3H3,(H,19,25)(H,23,24)/q-2/t12-/m0/s1. The summed E-state index contributed by atoms with van der Waals surface area (Å²) in [6.45, 7) is 4.91. The molecule has 0 aliphatic carbocycles. The predicted octanol–water partition coefficient (Wildman–Crippen LogP) is 1.78. The first-order valence-corrected chi connectivity index (χ1v) is 8.59. The van der Waals surface area contributed by atoms with Crippen molar-refractivity contribution in [1.29, 1.82) is 0 Å². The SMILES string of the molecule is CC(C)(C)OC(=O)N[C@@H](Cc1cn(-c2ccc(N([O-])[O-])cc2N(O)O)cn1)C(=O)O. The van der Waals surface area contributed by atoms with Gasteiger partial charge >= 0.3 is 12.1 Å². The minimum Gasteiger partial charge on any atom is -0.769 e. The monoisotopic (exact) mass is 423 g/mol. The first-order chi connectivity index (χ1) is 13.9. The number of carboxylic acid groups (broad SMARTS) is 1. The van der Waals surface area contributed by atoms with E-state index in [9.17, 15) is 35.5 Å². The van der Waals surface area contributed by atoms with Crippen LogP contribution in [0.4, 0.5) is 16.2 Å². The third kappa shape index (κ3) is 6.05. The molecular formula is C17H21N5O8-2. The number of nitrogens with one attached hydrogen (secondary N) is 1. The molecule has 0 bridgehead atoms. The number of anilines is 2. The van der Waals surface area contributed by atoms with Gasteiger partial charge in [0.2, 0.25) is 0 Å². The van der Waals surface area contributed by atoms with Gasteiger partial charge in [-0.15, -0.1) is 5.23 Å². The summed E-state index contributed by atoms with van der Waals surface area (Å²) in [5.74, 6) is -1.30. The second-order valence-corrected chi connectivity index (χ2v) is 7.23. The number of alkyl carbamates (subject to hydrolysis) is 1. The highest BCUT2D eigenvalue weighted by molar-refractivity contribution is 5.80. The third-order valence-electron chi connectivity index (χ3n) is 3.70. The Hall–Kier alpha value is -3.39. The Morgan fingerprint density at radius 3 is 2.50 bits per heavy atom. The fraction of sp³-hybridized carbons (Fsp3) is 0.353. The molecule has 13 heteroatoms. The van der Waals surface area contributed by atoms with Gasteiger partial charge in [-0.3, -0.25) is 10.4 Å². The van der Waals surface area contributed by atoms with Crippen LogP contribution in [0.2, 0.25) is 0 Å². The smallest absolute Gasteiger partial charge is 0.408 e.